The second-order valence-electron chi connectivity index (χ2n) is 7.74. The van der Waals surface area contributed by atoms with Gasteiger partial charge in [-0.1, -0.05) is 29.4 Å². The van der Waals surface area contributed by atoms with Crippen molar-refractivity contribution in [3.63, 3.8) is 0 Å². The van der Waals surface area contributed by atoms with Gasteiger partial charge in [0.2, 0.25) is 5.91 Å². The van der Waals surface area contributed by atoms with Crippen molar-refractivity contribution in [3.8, 4) is 5.69 Å². The Morgan fingerprint density at radius 1 is 1.09 bits per heavy atom. The molecule has 0 aliphatic carbocycles. The Morgan fingerprint density at radius 3 is 2.56 bits per heavy atom. The van der Waals surface area contributed by atoms with E-state index in [9.17, 15) is 4.79 Å². The van der Waals surface area contributed by atoms with Crippen LogP contribution in [0.3, 0.4) is 0 Å². The Labute approximate surface area is 197 Å². The number of anilines is 1. The number of morpholine rings is 1. The van der Waals surface area contributed by atoms with Crippen LogP contribution in [0.15, 0.2) is 47.6 Å². The van der Waals surface area contributed by atoms with Crippen LogP contribution in [0, 0.1) is 13.8 Å². The Morgan fingerprint density at radius 2 is 1.84 bits per heavy atom. The molecule has 1 aromatic heterocycles. The molecule has 0 unspecified atom stereocenters. The number of nitrogens with one attached hydrogen (secondary N) is 1. The fraction of sp³-hybridized carbons (Fsp3) is 0.348. The zero-order valence-corrected chi connectivity index (χ0v) is 19.7. The van der Waals surface area contributed by atoms with Crippen molar-refractivity contribution in [1.29, 1.82) is 0 Å². The summed E-state index contributed by atoms with van der Waals surface area (Å²) in [4.78, 5) is 14.9. The number of thioether (sulfide) groups is 1. The van der Waals surface area contributed by atoms with Gasteiger partial charge >= 0.3 is 0 Å². The second-order valence-corrected chi connectivity index (χ2v) is 9.11. The number of hydrogen-bond acceptors (Lipinski definition) is 6. The van der Waals surface area contributed by atoms with E-state index in [1.807, 2.05) is 54.0 Å². The zero-order valence-electron chi connectivity index (χ0n) is 18.2. The van der Waals surface area contributed by atoms with Crippen LogP contribution in [-0.2, 0) is 16.1 Å². The molecule has 0 saturated carbocycles. The van der Waals surface area contributed by atoms with Gasteiger partial charge in [0.1, 0.15) is 0 Å². The van der Waals surface area contributed by atoms with E-state index in [-0.39, 0.29) is 11.7 Å². The Hall–Kier alpha value is -2.39. The van der Waals surface area contributed by atoms with Crippen LogP contribution in [-0.4, -0.2) is 57.6 Å². The Bertz CT molecular complexity index is 1080. The number of nitrogens with zero attached hydrogens (tertiary/aromatic N) is 4. The van der Waals surface area contributed by atoms with E-state index >= 15 is 0 Å². The molecule has 1 saturated heterocycles. The highest BCUT2D eigenvalue weighted by Gasteiger charge is 2.19. The van der Waals surface area contributed by atoms with Gasteiger partial charge in [-0.15, -0.1) is 10.2 Å². The van der Waals surface area contributed by atoms with Crippen LogP contribution in [0.5, 0.6) is 0 Å². The molecule has 1 aliphatic rings. The molecule has 0 atom stereocenters. The van der Waals surface area contributed by atoms with Gasteiger partial charge in [-0.25, -0.2) is 0 Å². The first kappa shape index (κ1) is 22.8. The van der Waals surface area contributed by atoms with Crippen LogP contribution >= 0.6 is 23.4 Å². The summed E-state index contributed by atoms with van der Waals surface area (Å²) in [6.45, 7) is 7.89. The molecule has 9 heteroatoms. The van der Waals surface area contributed by atoms with Crippen LogP contribution in [0.1, 0.15) is 17.0 Å². The maximum atomic E-state index is 12.6. The summed E-state index contributed by atoms with van der Waals surface area (Å²) in [6.07, 6.45) is 0. The monoisotopic (exact) mass is 471 g/mol. The molecule has 0 spiro atoms. The summed E-state index contributed by atoms with van der Waals surface area (Å²) in [6, 6.07) is 13.5. The van der Waals surface area contributed by atoms with E-state index in [0.29, 0.717) is 16.7 Å². The largest absolute Gasteiger partial charge is 0.379 e. The van der Waals surface area contributed by atoms with Crippen molar-refractivity contribution in [2.45, 2.75) is 25.5 Å². The summed E-state index contributed by atoms with van der Waals surface area (Å²) in [5.74, 6) is 0.973. The number of amides is 1. The molecular weight excluding hydrogens is 446 g/mol. The second kappa shape index (κ2) is 10.5. The lowest BCUT2D eigenvalue weighted by molar-refractivity contribution is -0.113. The maximum absolute atomic E-state index is 12.6. The van der Waals surface area contributed by atoms with E-state index in [0.717, 1.165) is 49.1 Å². The van der Waals surface area contributed by atoms with Gasteiger partial charge in [0.05, 0.1) is 25.5 Å². The number of carbonyl (C=O) groups is 1. The van der Waals surface area contributed by atoms with Crippen molar-refractivity contribution < 1.29 is 9.53 Å². The molecule has 1 amide bonds. The highest BCUT2D eigenvalue weighted by Crippen LogP contribution is 2.25. The van der Waals surface area contributed by atoms with Crippen LogP contribution in [0.25, 0.3) is 5.69 Å². The molecular formula is C23H26ClN5O2S. The molecule has 4 rings (SSSR count). The predicted molar refractivity (Wildman–Crippen MR) is 128 cm³/mol. The van der Waals surface area contributed by atoms with Crippen LogP contribution < -0.4 is 5.32 Å². The van der Waals surface area contributed by atoms with Crippen molar-refractivity contribution >= 4 is 35.0 Å². The third-order valence-electron chi connectivity index (χ3n) is 5.38. The molecule has 2 heterocycles. The Kier molecular flexibility index (Phi) is 7.47. The molecule has 0 radical (unpaired) electrons. The number of aryl methyl sites for hydroxylation is 2. The molecule has 3 aromatic rings. The van der Waals surface area contributed by atoms with Crippen molar-refractivity contribution in [2.75, 3.05) is 37.4 Å². The molecule has 7 nitrogen and oxygen atoms in total. The number of halogens is 1. The molecule has 2 aromatic carbocycles. The van der Waals surface area contributed by atoms with Gasteiger partial charge in [-0.05, 0) is 61.4 Å². The first-order chi connectivity index (χ1) is 15.5. The summed E-state index contributed by atoms with van der Waals surface area (Å²) in [7, 11) is 0. The average Bonchev–Trinajstić information content (AvgIpc) is 3.18. The number of ether oxygens (including phenoxy) is 1. The fourth-order valence-corrected chi connectivity index (χ4v) is 4.35. The summed E-state index contributed by atoms with van der Waals surface area (Å²) < 4.78 is 7.45. The number of carbonyl (C=O) groups excluding carboxylic acids is 1. The minimum atomic E-state index is -0.0846. The van der Waals surface area contributed by atoms with Gasteiger partial charge in [0.15, 0.2) is 11.0 Å². The lowest BCUT2D eigenvalue weighted by Gasteiger charge is -2.26. The molecule has 1 N–H and O–H groups in total. The van der Waals surface area contributed by atoms with Gasteiger partial charge in [-0.3, -0.25) is 14.3 Å². The number of hydrogen-bond donors (Lipinski definition) is 1. The zero-order chi connectivity index (χ0) is 22.5. The van der Waals surface area contributed by atoms with E-state index in [4.69, 9.17) is 16.3 Å². The third-order valence-corrected chi connectivity index (χ3v) is 6.56. The highest BCUT2D eigenvalue weighted by atomic mass is 35.5. The minimum Gasteiger partial charge on any atom is -0.379 e. The number of rotatable bonds is 7. The molecule has 1 fully saturated rings. The number of aromatic nitrogens is 3. The van der Waals surface area contributed by atoms with Crippen molar-refractivity contribution in [3.05, 3.63) is 64.4 Å². The van der Waals surface area contributed by atoms with E-state index in [1.165, 1.54) is 17.3 Å². The number of benzene rings is 2. The highest BCUT2D eigenvalue weighted by molar-refractivity contribution is 7.99. The van der Waals surface area contributed by atoms with Crippen LogP contribution in [0.4, 0.5) is 5.69 Å². The average molecular weight is 472 g/mol. The summed E-state index contributed by atoms with van der Waals surface area (Å²) >= 11 is 7.45. The van der Waals surface area contributed by atoms with Gasteiger partial charge in [0.25, 0.3) is 0 Å². The van der Waals surface area contributed by atoms with Gasteiger partial charge in [-0.2, -0.15) is 0 Å². The Balaban J connectivity index is 1.50. The minimum absolute atomic E-state index is 0.0846. The van der Waals surface area contributed by atoms with E-state index in [1.54, 1.807) is 0 Å². The third kappa shape index (κ3) is 5.69. The normalized spacial score (nSPS) is 14.5. The molecule has 168 valence electrons. The predicted octanol–water partition coefficient (Wildman–Crippen LogP) is 4.10. The first-order valence-electron chi connectivity index (χ1n) is 10.5. The maximum Gasteiger partial charge on any atom is 0.234 e. The lowest BCUT2D eigenvalue weighted by atomic mass is 10.1. The quantitative estimate of drug-likeness (QED) is 0.523. The summed E-state index contributed by atoms with van der Waals surface area (Å²) in [5, 5.41) is 13.1. The SMILES string of the molecule is Cc1ccc(NC(=O)CSc2nnc(CN3CCOCC3)n2-c2ccc(Cl)cc2)cc1C. The fourth-order valence-electron chi connectivity index (χ4n) is 3.45. The van der Waals surface area contributed by atoms with Gasteiger partial charge in [0, 0.05) is 29.5 Å². The standard InChI is InChI=1S/C23H26ClN5O2S/c1-16-3-6-19(13-17(16)2)25-22(30)15-32-23-27-26-21(14-28-9-11-31-12-10-28)29(23)20-7-4-18(24)5-8-20/h3-8,13H,9-12,14-15H2,1-2H3,(H,25,30). The van der Waals surface area contributed by atoms with Gasteiger partial charge < -0.3 is 10.1 Å². The molecule has 1 aliphatic heterocycles. The summed E-state index contributed by atoms with van der Waals surface area (Å²) in [5.41, 5.74) is 4.05. The van der Waals surface area contributed by atoms with Crippen molar-refractivity contribution in [2.24, 2.45) is 0 Å². The topological polar surface area (TPSA) is 72.3 Å². The van der Waals surface area contributed by atoms with E-state index < -0.39 is 0 Å². The lowest BCUT2D eigenvalue weighted by Crippen LogP contribution is -2.36. The van der Waals surface area contributed by atoms with Crippen LogP contribution in [0.2, 0.25) is 5.02 Å². The first-order valence-corrected chi connectivity index (χ1v) is 11.9. The smallest absolute Gasteiger partial charge is 0.234 e. The molecule has 0 bridgehead atoms. The van der Waals surface area contributed by atoms with Crippen molar-refractivity contribution in [1.82, 2.24) is 19.7 Å². The molecule has 32 heavy (non-hydrogen) atoms. The van der Waals surface area contributed by atoms with E-state index in [2.05, 4.69) is 27.3 Å².